The summed E-state index contributed by atoms with van der Waals surface area (Å²) in [6, 6.07) is 0. The fraction of sp³-hybridized carbons (Fsp3) is 0.727. The van der Waals surface area contributed by atoms with E-state index in [1.807, 2.05) is 6.92 Å². The number of esters is 1. The molecule has 0 radical (unpaired) electrons. The van der Waals surface area contributed by atoms with Crippen LogP contribution >= 0.6 is 0 Å². The highest BCUT2D eigenvalue weighted by atomic mass is 16.6. The van der Waals surface area contributed by atoms with E-state index in [1.54, 1.807) is 0 Å². The Labute approximate surface area is 78.0 Å². The van der Waals surface area contributed by atoms with Gasteiger partial charge >= 0.3 is 5.97 Å². The second kappa shape index (κ2) is 2.17. The van der Waals surface area contributed by atoms with Crippen LogP contribution in [0.1, 0.15) is 26.2 Å². The van der Waals surface area contributed by atoms with Crippen LogP contribution in [0.4, 0.5) is 0 Å². The molecule has 0 aromatic carbocycles. The van der Waals surface area contributed by atoms with Crippen LogP contribution in [0.2, 0.25) is 0 Å². The summed E-state index contributed by atoms with van der Waals surface area (Å²) in [5.74, 6) is 1.20. The fourth-order valence-corrected chi connectivity index (χ4v) is 3.36. The lowest BCUT2D eigenvalue weighted by molar-refractivity contribution is -0.149. The van der Waals surface area contributed by atoms with Gasteiger partial charge in [-0.2, -0.15) is 0 Å². The second-order valence-electron chi connectivity index (χ2n) is 4.77. The molecule has 0 aromatic heterocycles. The Morgan fingerprint density at radius 1 is 1.46 bits per heavy atom. The lowest BCUT2D eigenvalue weighted by atomic mass is 9.74. The number of cyclic esters (lactones) is 1. The van der Waals surface area contributed by atoms with Crippen LogP contribution in [-0.2, 0) is 9.53 Å². The number of carbonyl (C=O) groups excluding carboxylic acids is 1. The zero-order valence-electron chi connectivity index (χ0n) is 7.82. The minimum absolute atomic E-state index is 0.0665. The fourth-order valence-electron chi connectivity index (χ4n) is 3.36. The standard InChI is InChI=1S/C11H14O2/c1-7-5-11(10(12)13-7)6-8-2-3-9(11)4-8/h2-3,7-9H,4-6H2,1H3. The Bertz CT molecular complexity index is 294. The molecule has 2 fully saturated rings. The maximum absolute atomic E-state index is 11.7. The van der Waals surface area contributed by atoms with E-state index in [1.165, 1.54) is 6.42 Å². The number of ether oxygens (including phenoxy) is 1. The maximum atomic E-state index is 11.7. The summed E-state index contributed by atoms with van der Waals surface area (Å²) in [6.07, 6.45) is 7.80. The maximum Gasteiger partial charge on any atom is 0.313 e. The molecule has 0 aromatic rings. The van der Waals surface area contributed by atoms with Crippen LogP contribution in [-0.4, -0.2) is 12.1 Å². The second-order valence-corrected chi connectivity index (χ2v) is 4.77. The summed E-state index contributed by atoms with van der Waals surface area (Å²) in [4.78, 5) is 11.7. The van der Waals surface area contributed by atoms with Gasteiger partial charge in [0.2, 0.25) is 0 Å². The minimum atomic E-state index is -0.112. The molecule has 1 saturated carbocycles. The Morgan fingerprint density at radius 2 is 2.31 bits per heavy atom. The van der Waals surface area contributed by atoms with E-state index in [4.69, 9.17) is 4.74 Å². The predicted molar refractivity (Wildman–Crippen MR) is 48.0 cm³/mol. The molecule has 4 atom stereocenters. The van der Waals surface area contributed by atoms with E-state index in [0.717, 1.165) is 12.8 Å². The highest BCUT2D eigenvalue weighted by molar-refractivity contribution is 5.80. The van der Waals surface area contributed by atoms with Crippen LogP contribution < -0.4 is 0 Å². The third-order valence-electron chi connectivity index (χ3n) is 3.87. The molecule has 3 aliphatic rings. The first-order valence-electron chi connectivity index (χ1n) is 5.10. The van der Waals surface area contributed by atoms with Gasteiger partial charge in [-0.05, 0) is 31.6 Å². The molecule has 4 unspecified atom stereocenters. The van der Waals surface area contributed by atoms with Crippen LogP contribution in [0.15, 0.2) is 12.2 Å². The van der Waals surface area contributed by atoms with E-state index in [2.05, 4.69) is 12.2 Å². The Hall–Kier alpha value is -0.790. The highest BCUT2D eigenvalue weighted by Crippen LogP contribution is 2.57. The smallest absolute Gasteiger partial charge is 0.313 e. The summed E-state index contributed by atoms with van der Waals surface area (Å²) >= 11 is 0. The third-order valence-corrected chi connectivity index (χ3v) is 3.87. The monoisotopic (exact) mass is 178 g/mol. The average Bonchev–Trinajstić information content (AvgIpc) is 2.68. The molecular formula is C11H14O2. The van der Waals surface area contributed by atoms with E-state index < -0.39 is 0 Å². The van der Waals surface area contributed by atoms with Crippen LogP contribution in [0.5, 0.6) is 0 Å². The van der Waals surface area contributed by atoms with E-state index in [0.29, 0.717) is 11.8 Å². The Balaban J connectivity index is 1.98. The quantitative estimate of drug-likeness (QED) is 0.418. The van der Waals surface area contributed by atoms with Gasteiger partial charge in [-0.25, -0.2) is 0 Å². The zero-order valence-corrected chi connectivity index (χ0v) is 7.82. The number of carbonyl (C=O) groups is 1. The number of fused-ring (bicyclic) bond motifs is 3. The number of allylic oxidation sites excluding steroid dienone is 2. The van der Waals surface area contributed by atoms with Gasteiger partial charge in [-0.3, -0.25) is 4.79 Å². The lowest BCUT2D eigenvalue weighted by Crippen LogP contribution is -2.30. The summed E-state index contributed by atoms with van der Waals surface area (Å²) in [7, 11) is 0. The highest BCUT2D eigenvalue weighted by Gasteiger charge is 2.58. The molecular weight excluding hydrogens is 164 g/mol. The first kappa shape index (κ1) is 7.60. The zero-order chi connectivity index (χ0) is 9.05. The number of hydrogen-bond donors (Lipinski definition) is 0. The molecule has 1 heterocycles. The first-order valence-corrected chi connectivity index (χ1v) is 5.10. The van der Waals surface area contributed by atoms with Crippen molar-refractivity contribution in [2.45, 2.75) is 32.3 Å². The summed E-state index contributed by atoms with van der Waals surface area (Å²) in [5.41, 5.74) is -0.112. The van der Waals surface area contributed by atoms with Crippen molar-refractivity contribution < 1.29 is 9.53 Å². The molecule has 0 N–H and O–H groups in total. The molecule has 70 valence electrons. The van der Waals surface area contributed by atoms with Gasteiger partial charge in [-0.1, -0.05) is 12.2 Å². The number of rotatable bonds is 0. The molecule has 1 aliphatic heterocycles. The van der Waals surface area contributed by atoms with Crippen LogP contribution in [0.25, 0.3) is 0 Å². The summed E-state index contributed by atoms with van der Waals surface area (Å²) in [6.45, 7) is 2.00. The molecule has 0 amide bonds. The van der Waals surface area contributed by atoms with Gasteiger partial charge in [0.25, 0.3) is 0 Å². The predicted octanol–water partition coefficient (Wildman–Crippen LogP) is 1.90. The van der Waals surface area contributed by atoms with Gasteiger partial charge in [0.05, 0.1) is 5.41 Å². The van der Waals surface area contributed by atoms with Crippen molar-refractivity contribution in [1.82, 2.24) is 0 Å². The Morgan fingerprint density at radius 3 is 2.77 bits per heavy atom. The van der Waals surface area contributed by atoms with Crippen LogP contribution in [0, 0.1) is 17.3 Å². The van der Waals surface area contributed by atoms with Crippen molar-refractivity contribution in [1.29, 1.82) is 0 Å². The van der Waals surface area contributed by atoms with E-state index in [9.17, 15) is 4.79 Å². The van der Waals surface area contributed by atoms with Crippen molar-refractivity contribution in [2.24, 2.45) is 17.3 Å². The van der Waals surface area contributed by atoms with Crippen molar-refractivity contribution in [2.75, 3.05) is 0 Å². The van der Waals surface area contributed by atoms with E-state index in [-0.39, 0.29) is 17.5 Å². The first-order chi connectivity index (χ1) is 6.21. The summed E-state index contributed by atoms with van der Waals surface area (Å²) in [5, 5.41) is 0. The van der Waals surface area contributed by atoms with Gasteiger partial charge in [-0.15, -0.1) is 0 Å². The molecule has 1 saturated heterocycles. The van der Waals surface area contributed by atoms with Crippen molar-refractivity contribution >= 4 is 5.97 Å². The van der Waals surface area contributed by atoms with Crippen molar-refractivity contribution in [3.63, 3.8) is 0 Å². The van der Waals surface area contributed by atoms with Crippen LogP contribution in [0.3, 0.4) is 0 Å². The minimum Gasteiger partial charge on any atom is -0.462 e. The topological polar surface area (TPSA) is 26.3 Å². The van der Waals surface area contributed by atoms with Crippen molar-refractivity contribution in [3.8, 4) is 0 Å². The largest absolute Gasteiger partial charge is 0.462 e. The molecule has 13 heavy (non-hydrogen) atoms. The average molecular weight is 178 g/mol. The SMILES string of the molecule is CC1CC2(CC3C=CC2C3)C(=O)O1. The van der Waals surface area contributed by atoms with Crippen molar-refractivity contribution in [3.05, 3.63) is 12.2 Å². The van der Waals surface area contributed by atoms with Gasteiger partial charge < -0.3 is 4.74 Å². The lowest BCUT2D eigenvalue weighted by Gasteiger charge is -2.25. The van der Waals surface area contributed by atoms with Gasteiger partial charge in [0, 0.05) is 6.42 Å². The normalized spacial score (nSPS) is 52.1. The van der Waals surface area contributed by atoms with E-state index >= 15 is 0 Å². The molecule has 3 rings (SSSR count). The third kappa shape index (κ3) is 0.812. The van der Waals surface area contributed by atoms with Gasteiger partial charge in [0.15, 0.2) is 0 Å². The molecule has 2 aliphatic carbocycles. The Kier molecular flexibility index (Phi) is 1.27. The molecule has 2 bridgehead atoms. The molecule has 2 heteroatoms. The number of hydrogen-bond acceptors (Lipinski definition) is 2. The summed E-state index contributed by atoms with van der Waals surface area (Å²) < 4.78 is 5.28. The molecule has 2 nitrogen and oxygen atoms in total. The molecule has 1 spiro atoms. The van der Waals surface area contributed by atoms with Gasteiger partial charge in [0.1, 0.15) is 6.10 Å².